The average Bonchev–Trinajstić information content (AvgIpc) is 2.68. The molecular weight excluding hydrogens is 408 g/mol. The molecule has 0 saturated carbocycles. The highest BCUT2D eigenvalue weighted by atomic mass is 35.5. The van der Waals surface area contributed by atoms with Crippen LogP contribution in [0.5, 0.6) is 0 Å². The van der Waals surface area contributed by atoms with Crippen molar-refractivity contribution >= 4 is 39.0 Å². The molecule has 148 valence electrons. The van der Waals surface area contributed by atoms with E-state index in [2.05, 4.69) is 33.9 Å². The third-order valence-electron chi connectivity index (χ3n) is 4.56. The number of hydrogen-bond acceptors (Lipinski definition) is 5. The Bertz CT molecular complexity index is 1210. The van der Waals surface area contributed by atoms with E-state index in [0.29, 0.717) is 27.9 Å². The molecule has 29 heavy (non-hydrogen) atoms. The van der Waals surface area contributed by atoms with Crippen molar-refractivity contribution < 1.29 is 8.42 Å². The molecule has 0 aliphatic carbocycles. The standard InChI is InChI=1S/C21H19ClN4O2S/c1-13(2)18-11-10-14(12-23-18)24-21-25-20-16(15-6-3-4-8-17(15)22)7-5-9-19(20)29(27,28)26-21/h3-13H,1-2H3,(H2,24,25,26). The third-order valence-corrected chi connectivity index (χ3v) is 6.21. The van der Waals surface area contributed by atoms with Crippen LogP contribution in [0.1, 0.15) is 25.5 Å². The molecule has 1 aliphatic rings. The number of halogens is 1. The molecule has 0 atom stereocenters. The molecular formula is C21H19ClN4O2S. The number of rotatable bonds is 3. The first-order valence-corrected chi connectivity index (χ1v) is 10.9. The highest BCUT2D eigenvalue weighted by Gasteiger charge is 2.28. The van der Waals surface area contributed by atoms with Gasteiger partial charge in [0.2, 0.25) is 5.96 Å². The number of pyridine rings is 1. The summed E-state index contributed by atoms with van der Waals surface area (Å²) in [5, 5.41) is 6.64. The number of fused-ring (bicyclic) bond motifs is 1. The van der Waals surface area contributed by atoms with Crippen LogP contribution in [0.3, 0.4) is 0 Å². The first kappa shape index (κ1) is 19.4. The van der Waals surface area contributed by atoms with E-state index in [9.17, 15) is 8.42 Å². The molecule has 0 amide bonds. The highest BCUT2D eigenvalue weighted by molar-refractivity contribution is 7.90. The number of aromatic nitrogens is 1. The van der Waals surface area contributed by atoms with Gasteiger partial charge in [-0.15, -0.1) is 4.40 Å². The summed E-state index contributed by atoms with van der Waals surface area (Å²) in [4.78, 5) is 4.49. The Labute approximate surface area is 174 Å². The monoisotopic (exact) mass is 426 g/mol. The number of guanidine groups is 1. The Balaban J connectivity index is 1.73. The molecule has 8 heteroatoms. The van der Waals surface area contributed by atoms with Gasteiger partial charge in [-0.3, -0.25) is 4.98 Å². The first-order chi connectivity index (χ1) is 13.8. The molecule has 0 fully saturated rings. The van der Waals surface area contributed by atoms with Crippen LogP contribution in [-0.2, 0) is 10.0 Å². The number of sulfonamides is 1. The van der Waals surface area contributed by atoms with E-state index in [0.717, 1.165) is 11.3 Å². The normalized spacial score (nSPS) is 14.7. The summed E-state index contributed by atoms with van der Waals surface area (Å²) in [6.07, 6.45) is 1.65. The van der Waals surface area contributed by atoms with E-state index >= 15 is 0 Å². The fourth-order valence-electron chi connectivity index (χ4n) is 3.10. The van der Waals surface area contributed by atoms with Gasteiger partial charge >= 0.3 is 0 Å². The Morgan fingerprint density at radius 3 is 2.45 bits per heavy atom. The quantitative estimate of drug-likeness (QED) is 0.608. The van der Waals surface area contributed by atoms with Gasteiger partial charge in [0.05, 0.1) is 17.6 Å². The number of para-hydroxylation sites is 1. The van der Waals surface area contributed by atoms with Crippen molar-refractivity contribution in [3.63, 3.8) is 0 Å². The van der Waals surface area contributed by atoms with Crippen LogP contribution in [0.25, 0.3) is 11.1 Å². The predicted octanol–water partition coefficient (Wildman–Crippen LogP) is 5.11. The fraction of sp³-hybridized carbons (Fsp3) is 0.143. The molecule has 4 rings (SSSR count). The van der Waals surface area contributed by atoms with Gasteiger partial charge in [0.25, 0.3) is 10.0 Å². The van der Waals surface area contributed by atoms with Crippen molar-refractivity contribution in [2.75, 3.05) is 10.6 Å². The number of hydrogen-bond donors (Lipinski definition) is 2. The second-order valence-electron chi connectivity index (χ2n) is 6.95. The smallest absolute Gasteiger partial charge is 0.287 e. The number of benzene rings is 2. The molecule has 3 aromatic rings. The maximum atomic E-state index is 12.8. The fourth-order valence-corrected chi connectivity index (χ4v) is 4.44. The van der Waals surface area contributed by atoms with Crippen molar-refractivity contribution in [3.05, 3.63) is 71.5 Å². The zero-order valence-electron chi connectivity index (χ0n) is 15.8. The van der Waals surface area contributed by atoms with Crippen LogP contribution in [0.15, 0.2) is 70.1 Å². The second kappa shape index (κ2) is 7.50. The van der Waals surface area contributed by atoms with E-state index in [-0.39, 0.29) is 10.9 Å². The van der Waals surface area contributed by atoms with Gasteiger partial charge in [-0.2, -0.15) is 8.42 Å². The Kier molecular flexibility index (Phi) is 5.02. The molecule has 2 heterocycles. The number of nitrogens with zero attached hydrogens (tertiary/aromatic N) is 2. The Morgan fingerprint density at radius 1 is 1.00 bits per heavy atom. The number of anilines is 2. The summed E-state index contributed by atoms with van der Waals surface area (Å²) in [5.74, 6) is 0.413. The molecule has 0 spiro atoms. The molecule has 0 unspecified atom stereocenters. The zero-order valence-corrected chi connectivity index (χ0v) is 17.4. The van der Waals surface area contributed by atoms with E-state index in [1.54, 1.807) is 18.3 Å². The SMILES string of the molecule is CC(C)c1ccc(NC2=NS(=O)(=O)c3cccc(-c4ccccc4Cl)c3N2)cn1. The lowest BCUT2D eigenvalue weighted by Gasteiger charge is -2.22. The molecule has 1 aliphatic heterocycles. The van der Waals surface area contributed by atoms with Crippen LogP contribution in [0.2, 0.25) is 5.02 Å². The Morgan fingerprint density at radius 2 is 1.76 bits per heavy atom. The lowest BCUT2D eigenvalue weighted by Crippen LogP contribution is -2.28. The van der Waals surface area contributed by atoms with Gasteiger partial charge in [0.1, 0.15) is 4.90 Å². The van der Waals surface area contributed by atoms with Gasteiger partial charge in [-0.1, -0.05) is 55.8 Å². The van der Waals surface area contributed by atoms with Crippen molar-refractivity contribution in [2.24, 2.45) is 4.40 Å². The summed E-state index contributed by atoms with van der Waals surface area (Å²) >= 11 is 6.35. The molecule has 6 nitrogen and oxygen atoms in total. The third kappa shape index (κ3) is 3.83. The zero-order chi connectivity index (χ0) is 20.6. The van der Waals surface area contributed by atoms with Crippen molar-refractivity contribution in [2.45, 2.75) is 24.7 Å². The van der Waals surface area contributed by atoms with Crippen LogP contribution in [-0.4, -0.2) is 19.4 Å². The minimum atomic E-state index is -3.88. The molecule has 0 saturated heterocycles. The molecule has 1 aromatic heterocycles. The summed E-state index contributed by atoms with van der Waals surface area (Å²) < 4.78 is 29.4. The number of nitrogens with one attached hydrogen (secondary N) is 2. The minimum Gasteiger partial charge on any atom is -0.324 e. The van der Waals surface area contributed by atoms with Gasteiger partial charge in [0.15, 0.2) is 0 Å². The summed E-state index contributed by atoms with van der Waals surface area (Å²) in [7, 11) is -3.88. The molecule has 2 N–H and O–H groups in total. The lowest BCUT2D eigenvalue weighted by atomic mass is 10.0. The van der Waals surface area contributed by atoms with E-state index < -0.39 is 10.0 Å². The Hall–Kier alpha value is -2.90. The molecule has 0 radical (unpaired) electrons. The molecule has 2 aromatic carbocycles. The van der Waals surface area contributed by atoms with Crippen molar-refractivity contribution in [1.29, 1.82) is 0 Å². The van der Waals surface area contributed by atoms with Gasteiger partial charge in [-0.05, 0) is 30.2 Å². The van der Waals surface area contributed by atoms with Crippen LogP contribution >= 0.6 is 11.6 Å². The van der Waals surface area contributed by atoms with Crippen LogP contribution in [0, 0.1) is 0 Å². The van der Waals surface area contributed by atoms with E-state index in [4.69, 9.17) is 11.6 Å². The average molecular weight is 427 g/mol. The maximum absolute atomic E-state index is 12.8. The van der Waals surface area contributed by atoms with Crippen LogP contribution < -0.4 is 10.6 Å². The summed E-state index contributed by atoms with van der Waals surface area (Å²) in [6.45, 7) is 4.11. The van der Waals surface area contributed by atoms with Crippen molar-refractivity contribution in [3.8, 4) is 11.1 Å². The maximum Gasteiger partial charge on any atom is 0.287 e. The predicted molar refractivity (Wildman–Crippen MR) is 117 cm³/mol. The lowest BCUT2D eigenvalue weighted by molar-refractivity contribution is 0.598. The minimum absolute atomic E-state index is 0.105. The highest BCUT2D eigenvalue weighted by Crippen LogP contribution is 2.39. The van der Waals surface area contributed by atoms with Crippen LogP contribution in [0.4, 0.5) is 11.4 Å². The summed E-state index contributed by atoms with van der Waals surface area (Å²) in [6, 6.07) is 16.1. The molecule has 0 bridgehead atoms. The largest absolute Gasteiger partial charge is 0.324 e. The topological polar surface area (TPSA) is 83.5 Å². The first-order valence-electron chi connectivity index (χ1n) is 9.08. The van der Waals surface area contributed by atoms with E-state index in [1.165, 1.54) is 6.07 Å². The van der Waals surface area contributed by atoms with E-state index in [1.807, 2.05) is 36.4 Å². The van der Waals surface area contributed by atoms with Gasteiger partial charge < -0.3 is 10.6 Å². The van der Waals surface area contributed by atoms with Gasteiger partial charge in [0, 0.05) is 21.8 Å². The van der Waals surface area contributed by atoms with Gasteiger partial charge in [-0.25, -0.2) is 0 Å². The summed E-state index contributed by atoms with van der Waals surface area (Å²) in [5.41, 5.74) is 3.43. The second-order valence-corrected chi connectivity index (χ2v) is 8.93. The van der Waals surface area contributed by atoms with Crippen molar-refractivity contribution in [1.82, 2.24) is 4.98 Å².